The minimum Gasteiger partial charge on any atom is -0.497 e. The normalized spacial score (nSPS) is 11.8. The largest absolute Gasteiger partial charge is 0.497 e. The van der Waals surface area contributed by atoms with Crippen LogP contribution in [0.2, 0.25) is 0 Å². The molecule has 0 unspecified atom stereocenters. The molecule has 0 radical (unpaired) electrons. The highest BCUT2D eigenvalue weighted by Gasteiger charge is 2.14. The number of rotatable bonds is 10. The Hall–Kier alpha value is -2.86. The van der Waals surface area contributed by atoms with Crippen molar-refractivity contribution in [1.82, 2.24) is 4.90 Å². The van der Waals surface area contributed by atoms with E-state index in [1.54, 1.807) is 36.3 Å². The molecule has 0 aliphatic carbocycles. The van der Waals surface area contributed by atoms with Crippen LogP contribution in [0.5, 0.6) is 5.75 Å². The van der Waals surface area contributed by atoms with E-state index in [9.17, 15) is 9.59 Å². The maximum Gasteiger partial charge on any atom is 0.238 e. The maximum atomic E-state index is 12.4. The van der Waals surface area contributed by atoms with Gasteiger partial charge in [-0.3, -0.25) is 14.5 Å². The summed E-state index contributed by atoms with van der Waals surface area (Å²) in [6.45, 7) is 7.15. The predicted molar refractivity (Wildman–Crippen MR) is 118 cm³/mol. The van der Waals surface area contributed by atoms with Crippen molar-refractivity contribution in [3.8, 4) is 5.75 Å². The number of nitrogens with zero attached hydrogens (tertiary/aromatic N) is 1. The molecule has 0 aliphatic rings. The molecule has 0 aromatic heterocycles. The average Bonchev–Trinajstić information content (AvgIpc) is 2.73. The molecule has 2 aromatic rings. The molecule has 0 saturated carbocycles. The third-order valence-corrected chi connectivity index (χ3v) is 4.93. The monoisotopic (exact) mass is 397 g/mol. The summed E-state index contributed by atoms with van der Waals surface area (Å²) >= 11 is 0. The molecule has 29 heavy (non-hydrogen) atoms. The summed E-state index contributed by atoms with van der Waals surface area (Å²) in [5, 5.41) is 5.74. The predicted octanol–water partition coefficient (Wildman–Crippen LogP) is 4.11. The van der Waals surface area contributed by atoms with Crippen LogP contribution < -0.4 is 15.4 Å². The zero-order chi connectivity index (χ0) is 21.2. The molecule has 0 aliphatic heterocycles. The highest BCUT2D eigenvalue weighted by molar-refractivity contribution is 5.94. The number of amides is 2. The van der Waals surface area contributed by atoms with Crippen molar-refractivity contribution < 1.29 is 14.3 Å². The van der Waals surface area contributed by atoms with Crippen molar-refractivity contribution in [2.45, 2.75) is 33.1 Å². The first-order chi connectivity index (χ1) is 13.9. The van der Waals surface area contributed by atoms with Gasteiger partial charge in [0.1, 0.15) is 5.75 Å². The molecular weight excluding hydrogens is 366 g/mol. The molecular formula is C23H31N3O3. The van der Waals surface area contributed by atoms with Gasteiger partial charge in [-0.25, -0.2) is 0 Å². The number of hydrogen-bond acceptors (Lipinski definition) is 4. The Bertz CT molecular complexity index is 788. The number of methoxy groups -OCH3 is 1. The number of ether oxygens (including phenoxy) is 1. The van der Waals surface area contributed by atoms with Gasteiger partial charge < -0.3 is 15.4 Å². The quantitative estimate of drug-likeness (QED) is 0.633. The van der Waals surface area contributed by atoms with Gasteiger partial charge in [-0.15, -0.1) is 0 Å². The number of carbonyl (C=O) groups excluding carboxylic acids is 2. The zero-order valence-corrected chi connectivity index (χ0v) is 17.7. The molecule has 6 heteroatoms. The second kappa shape index (κ2) is 11.2. The molecule has 0 heterocycles. The summed E-state index contributed by atoms with van der Waals surface area (Å²) in [5.74, 6) is 0.926. The first kappa shape index (κ1) is 22.4. The Kier molecular flexibility index (Phi) is 8.68. The van der Waals surface area contributed by atoms with E-state index in [4.69, 9.17) is 4.74 Å². The Morgan fingerprint density at radius 1 is 0.897 bits per heavy atom. The third-order valence-electron chi connectivity index (χ3n) is 4.93. The summed E-state index contributed by atoms with van der Waals surface area (Å²) in [6, 6.07) is 15.1. The first-order valence-corrected chi connectivity index (χ1v) is 10.0. The number of carbonyl (C=O) groups is 2. The van der Waals surface area contributed by atoms with Crippen LogP contribution in [0, 0.1) is 0 Å². The van der Waals surface area contributed by atoms with Gasteiger partial charge in [0, 0.05) is 11.4 Å². The standard InChI is InChI=1S/C23H31N3O3/c1-5-17(3)18-7-9-19(10-8-18)24-22(27)15-26(6-2)16-23(28)25-20-11-13-21(29-4)14-12-20/h7-14,17H,5-6,15-16H2,1-4H3,(H,24,27)(H,25,28)/t17-/m0/s1. The van der Waals surface area contributed by atoms with Crippen LogP contribution in [0.25, 0.3) is 0 Å². The van der Waals surface area contributed by atoms with Crippen LogP contribution in [-0.4, -0.2) is 43.5 Å². The second-order valence-electron chi connectivity index (χ2n) is 7.06. The SMILES string of the molecule is CC[C@H](C)c1ccc(NC(=O)CN(CC)CC(=O)Nc2ccc(OC)cc2)cc1. The van der Waals surface area contributed by atoms with E-state index in [0.717, 1.165) is 17.9 Å². The first-order valence-electron chi connectivity index (χ1n) is 10.0. The number of benzene rings is 2. The Morgan fingerprint density at radius 3 is 1.79 bits per heavy atom. The van der Waals surface area contributed by atoms with Gasteiger partial charge in [-0.1, -0.05) is 32.9 Å². The third kappa shape index (κ3) is 7.23. The number of hydrogen-bond donors (Lipinski definition) is 2. The van der Waals surface area contributed by atoms with Gasteiger partial charge >= 0.3 is 0 Å². The minimum atomic E-state index is -0.164. The molecule has 0 saturated heterocycles. The molecule has 0 bridgehead atoms. The van der Waals surface area contributed by atoms with E-state index < -0.39 is 0 Å². The second-order valence-corrected chi connectivity index (χ2v) is 7.06. The van der Waals surface area contributed by atoms with E-state index in [1.165, 1.54) is 5.56 Å². The highest BCUT2D eigenvalue weighted by Crippen LogP contribution is 2.20. The molecule has 2 rings (SSSR count). The van der Waals surface area contributed by atoms with E-state index in [1.807, 2.05) is 31.2 Å². The summed E-state index contributed by atoms with van der Waals surface area (Å²) in [6.07, 6.45) is 1.08. The summed E-state index contributed by atoms with van der Waals surface area (Å²) in [7, 11) is 1.60. The van der Waals surface area contributed by atoms with Gasteiger partial charge in [0.2, 0.25) is 11.8 Å². The van der Waals surface area contributed by atoms with Gasteiger partial charge in [0.05, 0.1) is 20.2 Å². The van der Waals surface area contributed by atoms with Crippen LogP contribution in [0.15, 0.2) is 48.5 Å². The lowest BCUT2D eigenvalue weighted by Gasteiger charge is -2.19. The summed E-state index contributed by atoms with van der Waals surface area (Å²) < 4.78 is 5.11. The molecule has 6 nitrogen and oxygen atoms in total. The van der Waals surface area contributed by atoms with E-state index >= 15 is 0 Å². The van der Waals surface area contributed by atoms with Crippen LogP contribution in [0.1, 0.15) is 38.7 Å². The van der Waals surface area contributed by atoms with Crippen molar-refractivity contribution in [1.29, 1.82) is 0 Å². The molecule has 2 aromatic carbocycles. The number of anilines is 2. The smallest absolute Gasteiger partial charge is 0.238 e. The van der Waals surface area contributed by atoms with Crippen LogP contribution >= 0.6 is 0 Å². The lowest BCUT2D eigenvalue weighted by Crippen LogP contribution is -2.38. The Labute approximate surface area is 173 Å². The van der Waals surface area contributed by atoms with E-state index in [-0.39, 0.29) is 24.9 Å². The van der Waals surface area contributed by atoms with Crippen LogP contribution in [-0.2, 0) is 9.59 Å². The lowest BCUT2D eigenvalue weighted by molar-refractivity contribution is -0.119. The molecule has 0 spiro atoms. The topological polar surface area (TPSA) is 70.7 Å². The van der Waals surface area contributed by atoms with E-state index in [2.05, 4.69) is 24.5 Å². The van der Waals surface area contributed by atoms with Gasteiger partial charge in [-0.2, -0.15) is 0 Å². The van der Waals surface area contributed by atoms with E-state index in [0.29, 0.717) is 18.2 Å². The minimum absolute atomic E-state index is 0.139. The Balaban J connectivity index is 1.84. The van der Waals surface area contributed by atoms with Crippen molar-refractivity contribution >= 4 is 23.2 Å². The molecule has 0 fully saturated rings. The van der Waals surface area contributed by atoms with Crippen molar-refractivity contribution in [3.63, 3.8) is 0 Å². The average molecular weight is 398 g/mol. The fraction of sp³-hybridized carbons (Fsp3) is 0.391. The van der Waals surface area contributed by atoms with Crippen molar-refractivity contribution in [2.75, 3.05) is 37.4 Å². The Morgan fingerprint density at radius 2 is 1.38 bits per heavy atom. The summed E-state index contributed by atoms with van der Waals surface area (Å²) in [4.78, 5) is 26.5. The van der Waals surface area contributed by atoms with Crippen LogP contribution in [0.4, 0.5) is 11.4 Å². The summed E-state index contributed by atoms with van der Waals surface area (Å²) in [5.41, 5.74) is 2.72. The fourth-order valence-electron chi connectivity index (χ4n) is 2.89. The van der Waals surface area contributed by atoms with Gasteiger partial charge in [0.25, 0.3) is 0 Å². The lowest BCUT2D eigenvalue weighted by atomic mass is 9.99. The number of likely N-dealkylation sites (N-methyl/N-ethyl adjacent to an activating group) is 1. The van der Waals surface area contributed by atoms with Crippen LogP contribution in [0.3, 0.4) is 0 Å². The number of nitrogens with one attached hydrogen (secondary N) is 2. The molecule has 156 valence electrons. The molecule has 2 amide bonds. The highest BCUT2D eigenvalue weighted by atomic mass is 16.5. The molecule has 1 atom stereocenters. The van der Waals surface area contributed by atoms with Crippen molar-refractivity contribution in [3.05, 3.63) is 54.1 Å². The van der Waals surface area contributed by atoms with Crippen molar-refractivity contribution in [2.24, 2.45) is 0 Å². The van der Waals surface area contributed by atoms with Gasteiger partial charge in [-0.05, 0) is 60.8 Å². The molecule has 2 N–H and O–H groups in total. The maximum absolute atomic E-state index is 12.4. The van der Waals surface area contributed by atoms with Gasteiger partial charge in [0.15, 0.2) is 0 Å². The fourth-order valence-corrected chi connectivity index (χ4v) is 2.89. The zero-order valence-electron chi connectivity index (χ0n) is 17.7.